The molecule has 1 nitrogen and oxygen atoms in total. The molecule has 2 N–H and O–H groups in total. The summed E-state index contributed by atoms with van der Waals surface area (Å²) >= 11 is 0. The quantitative estimate of drug-likeness (QED) is 0.638. The van der Waals surface area contributed by atoms with Gasteiger partial charge in [0.2, 0.25) is 0 Å². The first-order valence-electron chi connectivity index (χ1n) is 4.42. The molecule has 0 radical (unpaired) electrons. The lowest BCUT2D eigenvalue weighted by atomic mass is 10.0. The molecule has 0 saturated carbocycles. The monoisotopic (exact) mass is 173 g/mol. The van der Waals surface area contributed by atoms with Crippen LogP contribution in [0.15, 0.2) is 53.3 Å². The molecule has 0 unspecified atom stereocenters. The van der Waals surface area contributed by atoms with E-state index in [1.807, 2.05) is 25.2 Å². The lowest BCUT2D eigenvalue weighted by Gasteiger charge is -2.04. The molecule has 0 aromatic heterocycles. The molecule has 0 atom stereocenters. The van der Waals surface area contributed by atoms with E-state index in [9.17, 15) is 0 Å². The molecule has 1 aliphatic rings. The van der Waals surface area contributed by atoms with Gasteiger partial charge < -0.3 is 5.73 Å². The van der Waals surface area contributed by atoms with E-state index in [1.54, 1.807) is 0 Å². The molecule has 0 fully saturated rings. The number of rotatable bonds is 2. The van der Waals surface area contributed by atoms with E-state index >= 15 is 0 Å². The third kappa shape index (κ3) is 2.59. The first kappa shape index (κ1) is 9.79. The number of nitrogens with two attached hydrogens (primary N) is 1. The van der Waals surface area contributed by atoms with Gasteiger partial charge in [-0.2, -0.15) is 0 Å². The lowest BCUT2D eigenvalue weighted by molar-refractivity contribution is 1.06. The molecule has 0 aromatic carbocycles. The van der Waals surface area contributed by atoms with Crippen LogP contribution in [0.1, 0.15) is 13.3 Å². The van der Waals surface area contributed by atoms with Gasteiger partial charge in [0.05, 0.1) is 0 Å². The van der Waals surface area contributed by atoms with Gasteiger partial charge in [-0.25, -0.2) is 0 Å². The van der Waals surface area contributed by atoms with Crippen molar-refractivity contribution in [2.75, 3.05) is 6.54 Å². The summed E-state index contributed by atoms with van der Waals surface area (Å²) in [4.78, 5) is 0. The maximum atomic E-state index is 5.57. The SMILES string of the molecule is C=C/C1=C/C/C(CN)=C\C=C=C1C. The van der Waals surface area contributed by atoms with Crippen LogP contribution in [-0.2, 0) is 0 Å². The van der Waals surface area contributed by atoms with Crippen molar-refractivity contribution in [3.05, 3.63) is 53.3 Å². The predicted octanol–water partition coefficient (Wildman–Crippen LogP) is 2.49. The fraction of sp³-hybridized carbons (Fsp3) is 0.250. The number of allylic oxidation sites excluding steroid dienone is 5. The Balaban J connectivity index is 3.04. The van der Waals surface area contributed by atoms with Gasteiger partial charge in [-0.3, -0.25) is 0 Å². The minimum atomic E-state index is 0.609. The second-order valence-electron chi connectivity index (χ2n) is 3.03. The highest BCUT2D eigenvalue weighted by atomic mass is 14.5. The molecule has 0 saturated heterocycles. The molecule has 0 aromatic rings. The average molecular weight is 173 g/mol. The van der Waals surface area contributed by atoms with E-state index in [-0.39, 0.29) is 0 Å². The summed E-state index contributed by atoms with van der Waals surface area (Å²) < 4.78 is 0. The summed E-state index contributed by atoms with van der Waals surface area (Å²) in [5.74, 6) is 0. The highest BCUT2D eigenvalue weighted by Gasteiger charge is 1.97. The van der Waals surface area contributed by atoms with E-state index in [4.69, 9.17) is 5.73 Å². The molecule has 0 spiro atoms. The van der Waals surface area contributed by atoms with Gasteiger partial charge in [0.1, 0.15) is 0 Å². The van der Waals surface area contributed by atoms with Crippen LogP contribution in [0.3, 0.4) is 0 Å². The van der Waals surface area contributed by atoms with E-state index in [0.29, 0.717) is 6.54 Å². The molecule has 13 heavy (non-hydrogen) atoms. The Labute approximate surface area is 79.6 Å². The van der Waals surface area contributed by atoms with Crippen molar-refractivity contribution in [3.63, 3.8) is 0 Å². The highest BCUT2D eigenvalue weighted by Crippen LogP contribution is 2.14. The summed E-state index contributed by atoms with van der Waals surface area (Å²) in [6.45, 7) is 6.41. The van der Waals surface area contributed by atoms with Crippen molar-refractivity contribution >= 4 is 0 Å². The van der Waals surface area contributed by atoms with Crippen molar-refractivity contribution in [3.8, 4) is 0 Å². The van der Waals surface area contributed by atoms with Crippen molar-refractivity contribution in [1.82, 2.24) is 0 Å². The third-order valence-electron chi connectivity index (χ3n) is 2.12. The van der Waals surface area contributed by atoms with Gasteiger partial charge in [-0.05, 0) is 30.6 Å². The van der Waals surface area contributed by atoms with Gasteiger partial charge in [0.15, 0.2) is 0 Å². The standard InChI is InChI=1S/C12H15N/c1-3-12-8-7-11(9-13)6-4-5-10(12)2/h3-4,6,8H,1,7,9,13H2,2H3/b11-6+,12-8-. The Morgan fingerprint density at radius 3 is 3.08 bits per heavy atom. The van der Waals surface area contributed by atoms with Gasteiger partial charge in [-0.1, -0.05) is 30.4 Å². The Hall–Kier alpha value is -1.30. The molecule has 1 heteroatoms. The minimum Gasteiger partial charge on any atom is -0.327 e. The summed E-state index contributed by atoms with van der Waals surface area (Å²) in [6.07, 6.45) is 8.86. The zero-order valence-electron chi connectivity index (χ0n) is 8.01. The molecular formula is C12H15N. The summed E-state index contributed by atoms with van der Waals surface area (Å²) in [6, 6.07) is 0. The Morgan fingerprint density at radius 2 is 2.46 bits per heavy atom. The highest BCUT2D eigenvalue weighted by molar-refractivity contribution is 5.40. The molecule has 0 heterocycles. The number of hydrogen-bond donors (Lipinski definition) is 1. The third-order valence-corrected chi connectivity index (χ3v) is 2.12. The van der Waals surface area contributed by atoms with Crippen LogP contribution in [0, 0.1) is 0 Å². The average Bonchev–Trinajstić information content (AvgIpc) is 2.12. The van der Waals surface area contributed by atoms with Crippen LogP contribution in [0.2, 0.25) is 0 Å². The second kappa shape index (κ2) is 4.66. The van der Waals surface area contributed by atoms with Crippen LogP contribution in [0.4, 0.5) is 0 Å². The van der Waals surface area contributed by atoms with Crippen LogP contribution >= 0.6 is 0 Å². The zero-order valence-corrected chi connectivity index (χ0v) is 8.01. The molecule has 68 valence electrons. The van der Waals surface area contributed by atoms with E-state index in [0.717, 1.165) is 17.6 Å². The largest absolute Gasteiger partial charge is 0.327 e. The molecule has 0 aliphatic heterocycles. The topological polar surface area (TPSA) is 26.0 Å². The van der Waals surface area contributed by atoms with Gasteiger partial charge >= 0.3 is 0 Å². The van der Waals surface area contributed by atoms with Crippen LogP contribution in [0.5, 0.6) is 0 Å². The lowest BCUT2D eigenvalue weighted by Crippen LogP contribution is -2.02. The molecule has 1 aliphatic carbocycles. The summed E-state index contributed by atoms with van der Waals surface area (Å²) in [7, 11) is 0. The van der Waals surface area contributed by atoms with Crippen molar-refractivity contribution in [2.24, 2.45) is 5.73 Å². The Bertz CT molecular complexity index is 323. The smallest absolute Gasteiger partial charge is 0.0143 e. The van der Waals surface area contributed by atoms with Crippen molar-refractivity contribution in [1.29, 1.82) is 0 Å². The van der Waals surface area contributed by atoms with Crippen molar-refractivity contribution < 1.29 is 0 Å². The first-order chi connectivity index (χ1) is 6.27. The van der Waals surface area contributed by atoms with Gasteiger partial charge in [-0.15, -0.1) is 5.73 Å². The molecule has 1 rings (SSSR count). The Morgan fingerprint density at radius 1 is 1.69 bits per heavy atom. The maximum Gasteiger partial charge on any atom is 0.0143 e. The molecule has 0 amide bonds. The minimum absolute atomic E-state index is 0.609. The fourth-order valence-corrected chi connectivity index (χ4v) is 1.22. The van der Waals surface area contributed by atoms with Gasteiger partial charge in [0.25, 0.3) is 0 Å². The van der Waals surface area contributed by atoms with E-state index in [2.05, 4.69) is 18.4 Å². The van der Waals surface area contributed by atoms with E-state index < -0.39 is 0 Å². The molecular weight excluding hydrogens is 158 g/mol. The summed E-state index contributed by atoms with van der Waals surface area (Å²) in [5, 5.41) is 0. The number of hydrogen-bond acceptors (Lipinski definition) is 1. The predicted molar refractivity (Wildman–Crippen MR) is 57.3 cm³/mol. The first-order valence-corrected chi connectivity index (χ1v) is 4.42. The maximum absolute atomic E-state index is 5.57. The van der Waals surface area contributed by atoms with Crippen LogP contribution < -0.4 is 5.73 Å². The molecule has 0 bridgehead atoms. The normalized spacial score (nSPS) is 24.6. The van der Waals surface area contributed by atoms with Crippen LogP contribution in [0.25, 0.3) is 0 Å². The zero-order chi connectivity index (χ0) is 9.68. The van der Waals surface area contributed by atoms with E-state index in [1.165, 1.54) is 5.57 Å². The Kier molecular flexibility index (Phi) is 3.51. The van der Waals surface area contributed by atoms with Crippen molar-refractivity contribution in [2.45, 2.75) is 13.3 Å². The van der Waals surface area contributed by atoms with Gasteiger partial charge in [0, 0.05) is 6.54 Å². The second-order valence-corrected chi connectivity index (χ2v) is 3.03. The summed E-state index contributed by atoms with van der Waals surface area (Å²) in [5.41, 5.74) is 12.2. The fourth-order valence-electron chi connectivity index (χ4n) is 1.22. The van der Waals surface area contributed by atoms with Crippen LogP contribution in [-0.4, -0.2) is 6.54 Å².